The van der Waals surface area contributed by atoms with Crippen molar-refractivity contribution in [2.75, 3.05) is 6.54 Å². The quantitative estimate of drug-likeness (QED) is 0.527. The molecule has 0 aromatic carbocycles. The molecule has 0 bridgehead atoms. The molecule has 0 spiro atoms. The molecule has 2 heteroatoms. The summed E-state index contributed by atoms with van der Waals surface area (Å²) >= 11 is 0. The number of nitrogens with zero attached hydrogens (tertiary/aromatic N) is 1. The number of rotatable bonds is 3. The summed E-state index contributed by atoms with van der Waals surface area (Å²) in [4.78, 5) is 14.5. The predicted molar refractivity (Wildman–Crippen MR) is 38.9 cm³/mol. The molecule has 0 aromatic rings. The number of ketones is 1. The van der Waals surface area contributed by atoms with Crippen LogP contribution < -0.4 is 0 Å². The maximum atomic E-state index is 10.5. The summed E-state index contributed by atoms with van der Waals surface area (Å²) in [5, 5.41) is 0. The zero-order valence-electron chi connectivity index (χ0n) is 6.27. The Morgan fingerprint density at radius 2 is 2.00 bits per heavy atom. The topological polar surface area (TPSA) is 29.4 Å². The Labute approximate surface area is 56.0 Å². The highest BCUT2D eigenvalue weighted by Crippen LogP contribution is 1.82. The third kappa shape index (κ3) is 3.88. The van der Waals surface area contributed by atoms with Crippen LogP contribution in [0.4, 0.5) is 0 Å². The van der Waals surface area contributed by atoms with Gasteiger partial charge in [-0.15, -0.1) is 0 Å². The van der Waals surface area contributed by atoms with Gasteiger partial charge in [0, 0.05) is 13.5 Å². The van der Waals surface area contributed by atoms with Crippen molar-refractivity contribution in [3.05, 3.63) is 0 Å². The minimum Gasteiger partial charge on any atom is -0.293 e. The Bertz CT molecular complexity index is 127. The highest BCUT2D eigenvalue weighted by molar-refractivity contribution is 6.37. The van der Waals surface area contributed by atoms with Gasteiger partial charge in [-0.2, -0.15) is 0 Å². The average Bonchev–Trinajstić information content (AvgIpc) is 1.82. The molecule has 0 aliphatic carbocycles. The van der Waals surface area contributed by atoms with Crippen LogP contribution in [0, 0.1) is 0 Å². The van der Waals surface area contributed by atoms with E-state index in [1.165, 1.54) is 6.92 Å². The van der Waals surface area contributed by atoms with Gasteiger partial charge < -0.3 is 0 Å². The Hall–Kier alpha value is -0.660. The number of aliphatic imine (C=N–C) groups is 1. The summed E-state index contributed by atoms with van der Waals surface area (Å²) in [7, 11) is 0. The molecule has 0 atom stereocenters. The number of carbonyl (C=O) groups is 1. The highest BCUT2D eigenvalue weighted by Gasteiger charge is 1.94. The molecule has 0 N–H and O–H groups in total. The van der Waals surface area contributed by atoms with Crippen molar-refractivity contribution in [2.24, 2.45) is 4.99 Å². The number of hydrogen-bond acceptors (Lipinski definition) is 2. The van der Waals surface area contributed by atoms with Crippen LogP contribution >= 0.6 is 0 Å². The van der Waals surface area contributed by atoms with Crippen molar-refractivity contribution in [1.82, 2.24) is 0 Å². The predicted octanol–water partition coefficient (Wildman–Crippen LogP) is 1.45. The van der Waals surface area contributed by atoms with E-state index >= 15 is 0 Å². The van der Waals surface area contributed by atoms with Crippen molar-refractivity contribution in [1.29, 1.82) is 0 Å². The van der Waals surface area contributed by atoms with Gasteiger partial charge in [-0.1, -0.05) is 6.92 Å². The zero-order valence-corrected chi connectivity index (χ0v) is 6.27. The maximum absolute atomic E-state index is 10.5. The van der Waals surface area contributed by atoms with E-state index in [1.54, 1.807) is 6.92 Å². The standard InChI is InChI=1S/C7H13NO/c1-4-5-8-6(2)7(3)9/h4-5H2,1-3H3/b8-6+. The largest absolute Gasteiger partial charge is 0.293 e. The van der Waals surface area contributed by atoms with Crippen LogP contribution in [0.25, 0.3) is 0 Å². The average molecular weight is 127 g/mol. The monoisotopic (exact) mass is 127 g/mol. The normalized spacial score (nSPS) is 11.7. The van der Waals surface area contributed by atoms with Crippen LogP contribution in [0.5, 0.6) is 0 Å². The van der Waals surface area contributed by atoms with Crippen molar-refractivity contribution < 1.29 is 4.79 Å². The zero-order chi connectivity index (χ0) is 7.28. The van der Waals surface area contributed by atoms with E-state index in [1.807, 2.05) is 6.92 Å². The first kappa shape index (κ1) is 8.34. The van der Waals surface area contributed by atoms with Gasteiger partial charge in [-0.05, 0) is 13.3 Å². The van der Waals surface area contributed by atoms with E-state index in [0.29, 0.717) is 5.71 Å². The van der Waals surface area contributed by atoms with Gasteiger partial charge >= 0.3 is 0 Å². The van der Waals surface area contributed by atoms with Gasteiger partial charge in [0.2, 0.25) is 0 Å². The van der Waals surface area contributed by atoms with Crippen LogP contribution in [0.2, 0.25) is 0 Å². The molecule has 2 nitrogen and oxygen atoms in total. The minimum absolute atomic E-state index is 0.0726. The minimum atomic E-state index is 0.0726. The van der Waals surface area contributed by atoms with Gasteiger partial charge in [-0.25, -0.2) is 0 Å². The fourth-order valence-corrected chi connectivity index (χ4v) is 0.391. The second-order valence-corrected chi connectivity index (χ2v) is 2.02. The third-order valence-corrected chi connectivity index (χ3v) is 1.08. The molecule has 0 aliphatic heterocycles. The summed E-state index contributed by atoms with van der Waals surface area (Å²) in [6.45, 7) is 6.09. The number of Topliss-reactive ketones (excluding diaryl/α,β-unsaturated/α-hetero) is 1. The van der Waals surface area contributed by atoms with Crippen molar-refractivity contribution in [2.45, 2.75) is 27.2 Å². The number of carbonyl (C=O) groups excluding carboxylic acids is 1. The lowest BCUT2D eigenvalue weighted by molar-refractivity contribution is -0.111. The van der Waals surface area contributed by atoms with E-state index < -0.39 is 0 Å². The smallest absolute Gasteiger partial charge is 0.173 e. The first-order valence-corrected chi connectivity index (χ1v) is 3.20. The molecular formula is C7H13NO. The number of hydrogen-bond donors (Lipinski definition) is 0. The van der Waals surface area contributed by atoms with Crippen LogP contribution in [0.1, 0.15) is 27.2 Å². The van der Waals surface area contributed by atoms with Crippen molar-refractivity contribution in [3.63, 3.8) is 0 Å². The lowest BCUT2D eigenvalue weighted by Crippen LogP contribution is -2.04. The van der Waals surface area contributed by atoms with Crippen LogP contribution in [-0.2, 0) is 4.79 Å². The molecule has 52 valence electrons. The molecule has 0 fully saturated rings. The van der Waals surface area contributed by atoms with E-state index in [2.05, 4.69) is 4.99 Å². The first-order valence-electron chi connectivity index (χ1n) is 3.20. The highest BCUT2D eigenvalue weighted by atomic mass is 16.1. The van der Waals surface area contributed by atoms with E-state index in [0.717, 1.165) is 13.0 Å². The lowest BCUT2D eigenvalue weighted by Gasteiger charge is -1.90. The third-order valence-electron chi connectivity index (χ3n) is 1.08. The summed E-state index contributed by atoms with van der Waals surface area (Å²) in [6, 6.07) is 0. The Balaban J connectivity index is 3.69. The summed E-state index contributed by atoms with van der Waals surface area (Å²) in [6.07, 6.45) is 1.00. The molecule has 0 heterocycles. The molecule has 0 saturated carbocycles. The molecule has 9 heavy (non-hydrogen) atoms. The molecule has 0 rings (SSSR count). The fraction of sp³-hybridized carbons (Fsp3) is 0.714. The van der Waals surface area contributed by atoms with E-state index in [-0.39, 0.29) is 5.78 Å². The van der Waals surface area contributed by atoms with Crippen LogP contribution in [-0.4, -0.2) is 18.0 Å². The van der Waals surface area contributed by atoms with Crippen LogP contribution in [0.3, 0.4) is 0 Å². The molecular weight excluding hydrogens is 114 g/mol. The maximum Gasteiger partial charge on any atom is 0.173 e. The van der Waals surface area contributed by atoms with Gasteiger partial charge in [-0.3, -0.25) is 9.79 Å². The summed E-state index contributed by atoms with van der Waals surface area (Å²) in [5.41, 5.74) is 0.636. The summed E-state index contributed by atoms with van der Waals surface area (Å²) in [5.74, 6) is 0.0726. The van der Waals surface area contributed by atoms with E-state index in [4.69, 9.17) is 0 Å². The van der Waals surface area contributed by atoms with E-state index in [9.17, 15) is 4.79 Å². The first-order chi connectivity index (χ1) is 4.18. The van der Waals surface area contributed by atoms with Gasteiger partial charge in [0.1, 0.15) is 0 Å². The lowest BCUT2D eigenvalue weighted by atomic mass is 10.3. The fourth-order valence-electron chi connectivity index (χ4n) is 0.391. The Kier molecular flexibility index (Phi) is 3.93. The van der Waals surface area contributed by atoms with Crippen molar-refractivity contribution >= 4 is 11.5 Å². The Morgan fingerprint density at radius 1 is 1.44 bits per heavy atom. The molecule has 0 radical (unpaired) electrons. The van der Waals surface area contributed by atoms with Crippen molar-refractivity contribution in [3.8, 4) is 0 Å². The molecule has 0 unspecified atom stereocenters. The van der Waals surface area contributed by atoms with Crippen LogP contribution in [0.15, 0.2) is 4.99 Å². The molecule has 0 amide bonds. The van der Waals surface area contributed by atoms with Gasteiger partial charge in [0.15, 0.2) is 5.78 Å². The molecule has 0 saturated heterocycles. The second kappa shape index (κ2) is 4.24. The van der Waals surface area contributed by atoms with Gasteiger partial charge in [0.05, 0.1) is 5.71 Å². The van der Waals surface area contributed by atoms with Gasteiger partial charge in [0.25, 0.3) is 0 Å². The Morgan fingerprint density at radius 3 is 2.33 bits per heavy atom. The summed E-state index contributed by atoms with van der Waals surface area (Å²) < 4.78 is 0. The SMILES string of the molecule is CCC/N=C(\C)C(C)=O. The second-order valence-electron chi connectivity index (χ2n) is 2.02. The molecule has 0 aromatic heterocycles. The molecule has 0 aliphatic rings.